The standard InChI is InChI=1S/C25H29N7O2/c1-16(2)32-15-20-22(24(32)34)28-25(31-12-10-30(11-13-31)17(3)33)29-23(20)26-14-19-9-8-18-6-4-5-7-21(18)27-19/h4-9,15-16,34H,10-14H2,1-3H3,(H,26,28,29). The highest BCUT2D eigenvalue weighted by Crippen LogP contribution is 2.34. The van der Waals surface area contributed by atoms with E-state index < -0.39 is 0 Å². The van der Waals surface area contributed by atoms with Gasteiger partial charge in [-0.15, -0.1) is 0 Å². The van der Waals surface area contributed by atoms with E-state index >= 15 is 0 Å². The Morgan fingerprint density at radius 1 is 1.06 bits per heavy atom. The molecule has 0 saturated carbocycles. The van der Waals surface area contributed by atoms with Crippen LogP contribution >= 0.6 is 0 Å². The molecular formula is C25H29N7O2. The first kappa shape index (κ1) is 21.9. The lowest BCUT2D eigenvalue weighted by molar-refractivity contribution is -0.129. The smallest absolute Gasteiger partial charge is 0.228 e. The summed E-state index contributed by atoms with van der Waals surface area (Å²) in [5, 5.41) is 16.2. The molecule has 3 aromatic heterocycles. The van der Waals surface area contributed by atoms with Gasteiger partial charge in [-0.25, -0.2) is 4.98 Å². The second-order valence-electron chi connectivity index (χ2n) is 8.93. The van der Waals surface area contributed by atoms with Crippen molar-refractivity contribution in [1.29, 1.82) is 0 Å². The SMILES string of the molecule is CC(=O)N1CCN(c2nc(NCc3ccc4ccccc4n3)c3cn(C(C)C)c(O)c3n2)CC1. The Bertz CT molecular complexity index is 1360. The van der Waals surface area contributed by atoms with Crippen molar-refractivity contribution in [1.82, 2.24) is 24.4 Å². The molecule has 0 atom stereocenters. The van der Waals surface area contributed by atoms with Gasteiger partial charge >= 0.3 is 0 Å². The molecule has 1 aliphatic rings. The van der Waals surface area contributed by atoms with Gasteiger partial charge in [0.25, 0.3) is 0 Å². The van der Waals surface area contributed by atoms with Crippen molar-refractivity contribution in [3.63, 3.8) is 0 Å². The Labute approximate surface area is 198 Å². The van der Waals surface area contributed by atoms with E-state index in [-0.39, 0.29) is 17.8 Å². The summed E-state index contributed by atoms with van der Waals surface area (Å²) in [6, 6.07) is 12.2. The summed E-state index contributed by atoms with van der Waals surface area (Å²) >= 11 is 0. The molecule has 9 nitrogen and oxygen atoms in total. The number of hydrogen-bond donors (Lipinski definition) is 2. The molecule has 1 amide bonds. The number of rotatable bonds is 5. The topological polar surface area (TPSA) is 99.4 Å². The molecule has 0 bridgehead atoms. The van der Waals surface area contributed by atoms with Gasteiger partial charge in [-0.3, -0.25) is 9.78 Å². The van der Waals surface area contributed by atoms with E-state index in [1.165, 1.54) is 0 Å². The highest BCUT2D eigenvalue weighted by Gasteiger charge is 2.24. The molecule has 2 N–H and O–H groups in total. The highest BCUT2D eigenvalue weighted by molar-refractivity contribution is 5.94. The van der Waals surface area contributed by atoms with Gasteiger partial charge in [0.1, 0.15) is 11.3 Å². The second kappa shape index (κ2) is 8.81. The number of aromatic nitrogens is 4. The van der Waals surface area contributed by atoms with E-state index in [1.54, 1.807) is 11.5 Å². The van der Waals surface area contributed by atoms with E-state index in [0.717, 1.165) is 22.0 Å². The second-order valence-corrected chi connectivity index (χ2v) is 8.93. The highest BCUT2D eigenvalue weighted by atomic mass is 16.3. The normalized spacial score (nSPS) is 14.4. The van der Waals surface area contributed by atoms with Gasteiger partial charge in [0.2, 0.25) is 17.7 Å². The number of nitrogens with zero attached hydrogens (tertiary/aromatic N) is 6. The average Bonchev–Trinajstić information content (AvgIpc) is 3.19. The summed E-state index contributed by atoms with van der Waals surface area (Å²) in [7, 11) is 0. The minimum absolute atomic E-state index is 0.0757. The van der Waals surface area contributed by atoms with Gasteiger partial charge < -0.3 is 24.8 Å². The van der Waals surface area contributed by atoms with Gasteiger partial charge in [-0.1, -0.05) is 24.3 Å². The third-order valence-corrected chi connectivity index (χ3v) is 6.32. The number of carbonyl (C=O) groups is 1. The van der Waals surface area contributed by atoms with E-state index in [9.17, 15) is 9.90 Å². The fourth-order valence-corrected chi connectivity index (χ4v) is 4.34. The average molecular weight is 460 g/mol. The molecule has 5 rings (SSSR count). The maximum atomic E-state index is 11.7. The molecule has 34 heavy (non-hydrogen) atoms. The summed E-state index contributed by atoms with van der Waals surface area (Å²) in [6.45, 7) is 8.64. The third kappa shape index (κ3) is 4.09. The fraction of sp³-hybridized carbons (Fsp3) is 0.360. The Balaban J connectivity index is 1.48. The number of amides is 1. The molecule has 1 aromatic carbocycles. The number of aromatic hydroxyl groups is 1. The molecule has 0 spiro atoms. The van der Waals surface area contributed by atoms with Crippen molar-refractivity contribution < 1.29 is 9.90 Å². The third-order valence-electron chi connectivity index (χ3n) is 6.32. The first-order valence-electron chi connectivity index (χ1n) is 11.6. The predicted octanol–water partition coefficient (Wildman–Crippen LogP) is 3.55. The Morgan fingerprint density at radius 2 is 1.82 bits per heavy atom. The van der Waals surface area contributed by atoms with Crippen LogP contribution in [0.4, 0.5) is 11.8 Å². The number of nitrogens with one attached hydrogen (secondary N) is 1. The molecule has 4 aromatic rings. The van der Waals surface area contributed by atoms with E-state index in [1.807, 2.05) is 55.3 Å². The summed E-state index contributed by atoms with van der Waals surface area (Å²) in [5.74, 6) is 1.40. The molecule has 1 aliphatic heterocycles. The molecule has 0 radical (unpaired) electrons. The zero-order valence-corrected chi connectivity index (χ0v) is 19.7. The molecule has 1 saturated heterocycles. The lowest BCUT2D eigenvalue weighted by Gasteiger charge is -2.34. The maximum absolute atomic E-state index is 11.7. The van der Waals surface area contributed by atoms with Crippen molar-refractivity contribution in [2.24, 2.45) is 0 Å². The Hall–Kier alpha value is -3.88. The number of fused-ring (bicyclic) bond motifs is 2. The number of piperazine rings is 1. The minimum atomic E-state index is 0.0757. The number of hydrogen-bond acceptors (Lipinski definition) is 7. The van der Waals surface area contributed by atoms with Crippen molar-refractivity contribution in [3.8, 4) is 5.88 Å². The quantitative estimate of drug-likeness (QED) is 0.471. The van der Waals surface area contributed by atoms with Crippen LogP contribution in [-0.2, 0) is 11.3 Å². The van der Waals surface area contributed by atoms with Crippen LogP contribution in [0.1, 0.15) is 32.5 Å². The van der Waals surface area contributed by atoms with Crippen LogP contribution in [0.15, 0.2) is 42.6 Å². The summed E-state index contributed by atoms with van der Waals surface area (Å²) in [6.07, 6.45) is 1.89. The van der Waals surface area contributed by atoms with Crippen LogP contribution in [0.2, 0.25) is 0 Å². The number of pyridine rings is 1. The fourth-order valence-electron chi connectivity index (χ4n) is 4.34. The molecule has 9 heteroatoms. The predicted molar refractivity (Wildman–Crippen MR) is 133 cm³/mol. The van der Waals surface area contributed by atoms with E-state index in [0.29, 0.717) is 50.0 Å². The minimum Gasteiger partial charge on any atom is -0.493 e. The van der Waals surface area contributed by atoms with Gasteiger partial charge in [-0.05, 0) is 26.0 Å². The van der Waals surface area contributed by atoms with Crippen LogP contribution in [0.3, 0.4) is 0 Å². The van der Waals surface area contributed by atoms with Crippen LogP contribution in [0.25, 0.3) is 21.8 Å². The molecule has 4 heterocycles. The van der Waals surface area contributed by atoms with E-state index in [2.05, 4.69) is 16.3 Å². The number of benzene rings is 1. The Morgan fingerprint density at radius 3 is 2.56 bits per heavy atom. The van der Waals surface area contributed by atoms with Crippen LogP contribution in [0.5, 0.6) is 5.88 Å². The van der Waals surface area contributed by atoms with Crippen molar-refractivity contribution in [2.75, 3.05) is 36.4 Å². The lowest BCUT2D eigenvalue weighted by Crippen LogP contribution is -2.48. The van der Waals surface area contributed by atoms with Gasteiger partial charge in [0.15, 0.2) is 0 Å². The first-order valence-corrected chi connectivity index (χ1v) is 11.6. The van der Waals surface area contributed by atoms with Crippen molar-refractivity contribution in [2.45, 2.75) is 33.4 Å². The van der Waals surface area contributed by atoms with Gasteiger partial charge in [0, 0.05) is 50.7 Å². The summed E-state index contributed by atoms with van der Waals surface area (Å²) in [5.41, 5.74) is 2.36. The number of para-hydroxylation sites is 1. The molecule has 0 aliphatic carbocycles. The van der Waals surface area contributed by atoms with Crippen molar-refractivity contribution in [3.05, 3.63) is 48.3 Å². The number of carbonyl (C=O) groups excluding carboxylic acids is 1. The first-order chi connectivity index (χ1) is 16.4. The molecule has 1 fully saturated rings. The van der Waals surface area contributed by atoms with Crippen molar-refractivity contribution >= 4 is 39.5 Å². The largest absolute Gasteiger partial charge is 0.493 e. The monoisotopic (exact) mass is 459 g/mol. The summed E-state index contributed by atoms with van der Waals surface area (Å²) in [4.78, 5) is 29.9. The molecule has 176 valence electrons. The Kier molecular flexibility index (Phi) is 5.69. The van der Waals surface area contributed by atoms with Crippen LogP contribution in [-0.4, -0.2) is 61.6 Å². The molecular weight excluding hydrogens is 430 g/mol. The zero-order chi connectivity index (χ0) is 23.8. The van der Waals surface area contributed by atoms with E-state index in [4.69, 9.17) is 15.0 Å². The zero-order valence-electron chi connectivity index (χ0n) is 19.7. The molecule has 0 unspecified atom stereocenters. The van der Waals surface area contributed by atoms with Crippen LogP contribution < -0.4 is 10.2 Å². The van der Waals surface area contributed by atoms with Gasteiger partial charge in [0.05, 0.1) is 23.1 Å². The maximum Gasteiger partial charge on any atom is 0.228 e. The number of anilines is 2. The van der Waals surface area contributed by atoms with Crippen LogP contribution in [0, 0.1) is 0 Å². The van der Waals surface area contributed by atoms with Gasteiger partial charge in [-0.2, -0.15) is 4.98 Å². The summed E-state index contributed by atoms with van der Waals surface area (Å²) < 4.78 is 1.80. The lowest BCUT2D eigenvalue weighted by atomic mass is 10.2.